The predicted molar refractivity (Wildman–Crippen MR) is 81.6 cm³/mol. The molecule has 1 aromatic rings. The molecule has 0 unspecified atom stereocenters. The number of halogens is 1. The maximum absolute atomic E-state index is 11.4. The first-order chi connectivity index (χ1) is 9.31. The largest absolute Gasteiger partial charge is 0.444 e. The highest BCUT2D eigenvalue weighted by Crippen LogP contribution is 2.19. The van der Waals surface area contributed by atoms with Crippen LogP contribution in [0.4, 0.5) is 10.5 Å². The molecule has 0 heterocycles. The fourth-order valence-corrected chi connectivity index (χ4v) is 1.80. The van der Waals surface area contributed by atoms with Gasteiger partial charge in [0.25, 0.3) is 0 Å². The van der Waals surface area contributed by atoms with E-state index in [2.05, 4.69) is 32.6 Å². The van der Waals surface area contributed by atoms with Gasteiger partial charge >= 0.3 is 6.09 Å². The van der Waals surface area contributed by atoms with Crippen molar-refractivity contribution in [3.63, 3.8) is 0 Å². The molecule has 20 heavy (non-hydrogen) atoms. The second-order valence-electron chi connectivity index (χ2n) is 5.16. The minimum absolute atomic E-state index is 0.413. The topological polar surface area (TPSA) is 74.2 Å². The van der Waals surface area contributed by atoms with Gasteiger partial charge in [0.1, 0.15) is 11.7 Å². The van der Waals surface area contributed by atoms with Gasteiger partial charge in [-0.2, -0.15) is 5.26 Å². The molecule has 0 fully saturated rings. The van der Waals surface area contributed by atoms with Gasteiger partial charge in [-0.3, -0.25) is 0 Å². The van der Waals surface area contributed by atoms with E-state index in [-0.39, 0.29) is 0 Å². The second kappa shape index (κ2) is 7.15. The molecule has 0 aliphatic carbocycles. The molecule has 1 amide bonds. The Labute approximate surface area is 127 Å². The number of benzene rings is 1. The first kappa shape index (κ1) is 16.3. The molecule has 0 atom stereocenters. The standard InChI is InChI=1S/C14H18BrN3O2/c1-14(2,3)20-13(19)18-7-6-17-12-5-4-11(15)8-10(12)9-16/h4-5,8,17H,6-7H2,1-3H3,(H,18,19). The van der Waals surface area contributed by atoms with Crippen LogP contribution >= 0.6 is 15.9 Å². The summed E-state index contributed by atoms with van der Waals surface area (Å²) in [4.78, 5) is 11.4. The van der Waals surface area contributed by atoms with Crippen LogP contribution in [0.2, 0.25) is 0 Å². The number of hydrogen-bond donors (Lipinski definition) is 2. The van der Waals surface area contributed by atoms with Crippen molar-refractivity contribution in [3.05, 3.63) is 28.2 Å². The lowest BCUT2D eigenvalue weighted by molar-refractivity contribution is 0.0530. The van der Waals surface area contributed by atoms with Crippen molar-refractivity contribution < 1.29 is 9.53 Å². The number of carbonyl (C=O) groups excluding carboxylic acids is 1. The number of alkyl carbamates (subject to hydrolysis) is 1. The van der Waals surface area contributed by atoms with Gasteiger partial charge in [-0.1, -0.05) is 15.9 Å². The summed E-state index contributed by atoms with van der Waals surface area (Å²) in [5, 5.41) is 14.8. The Kier molecular flexibility index (Phi) is 5.83. The Hall–Kier alpha value is -1.74. The minimum Gasteiger partial charge on any atom is -0.444 e. The van der Waals surface area contributed by atoms with Crippen molar-refractivity contribution in [1.82, 2.24) is 5.32 Å². The SMILES string of the molecule is CC(C)(C)OC(=O)NCCNc1ccc(Br)cc1C#N. The molecule has 0 spiro atoms. The third-order valence-electron chi connectivity index (χ3n) is 2.21. The van der Waals surface area contributed by atoms with Gasteiger partial charge in [-0.25, -0.2) is 4.79 Å². The van der Waals surface area contributed by atoms with Crippen molar-refractivity contribution in [2.75, 3.05) is 18.4 Å². The second-order valence-corrected chi connectivity index (χ2v) is 6.07. The fraction of sp³-hybridized carbons (Fsp3) is 0.429. The van der Waals surface area contributed by atoms with Gasteiger partial charge in [0.15, 0.2) is 0 Å². The van der Waals surface area contributed by atoms with Crippen molar-refractivity contribution in [1.29, 1.82) is 5.26 Å². The first-order valence-corrected chi connectivity index (χ1v) is 7.01. The van der Waals surface area contributed by atoms with Gasteiger partial charge in [-0.05, 0) is 39.0 Å². The van der Waals surface area contributed by atoms with Gasteiger partial charge in [0, 0.05) is 17.6 Å². The van der Waals surface area contributed by atoms with Crippen LogP contribution in [-0.2, 0) is 4.74 Å². The lowest BCUT2D eigenvalue weighted by atomic mass is 10.2. The van der Waals surface area contributed by atoms with E-state index in [1.807, 2.05) is 32.9 Å². The third-order valence-corrected chi connectivity index (χ3v) is 2.70. The number of nitrogens with zero attached hydrogens (tertiary/aromatic N) is 1. The maximum Gasteiger partial charge on any atom is 0.407 e. The van der Waals surface area contributed by atoms with E-state index in [1.54, 1.807) is 6.07 Å². The first-order valence-electron chi connectivity index (χ1n) is 6.22. The van der Waals surface area contributed by atoms with Crippen LogP contribution in [0.3, 0.4) is 0 Å². The van der Waals surface area contributed by atoms with E-state index in [9.17, 15) is 4.79 Å². The number of nitriles is 1. The van der Waals surface area contributed by atoms with Crippen molar-refractivity contribution in [3.8, 4) is 6.07 Å². The zero-order valence-corrected chi connectivity index (χ0v) is 13.4. The summed E-state index contributed by atoms with van der Waals surface area (Å²) in [6, 6.07) is 7.52. The van der Waals surface area contributed by atoms with Gasteiger partial charge in [0.2, 0.25) is 0 Å². The van der Waals surface area contributed by atoms with Crippen LogP contribution in [-0.4, -0.2) is 24.8 Å². The Bertz CT molecular complexity index is 518. The zero-order chi connectivity index (χ0) is 15.2. The Balaban J connectivity index is 2.39. The molecule has 1 rings (SSSR count). The van der Waals surface area contributed by atoms with E-state index in [1.165, 1.54) is 0 Å². The summed E-state index contributed by atoms with van der Waals surface area (Å²) in [6.07, 6.45) is -0.449. The number of rotatable bonds is 4. The Morgan fingerprint density at radius 3 is 2.70 bits per heavy atom. The molecule has 0 bridgehead atoms. The number of anilines is 1. The van der Waals surface area contributed by atoms with Gasteiger partial charge in [-0.15, -0.1) is 0 Å². The third kappa shape index (κ3) is 5.93. The van der Waals surface area contributed by atoms with Crippen LogP contribution in [0.5, 0.6) is 0 Å². The van der Waals surface area contributed by atoms with E-state index >= 15 is 0 Å². The molecule has 0 saturated heterocycles. The summed E-state index contributed by atoms with van der Waals surface area (Å²) in [5.74, 6) is 0. The molecule has 0 radical (unpaired) electrons. The average Bonchev–Trinajstić information content (AvgIpc) is 2.33. The molecule has 0 aliphatic rings. The fourth-order valence-electron chi connectivity index (χ4n) is 1.44. The highest BCUT2D eigenvalue weighted by molar-refractivity contribution is 9.10. The lowest BCUT2D eigenvalue weighted by Gasteiger charge is -2.19. The molecule has 1 aromatic carbocycles. The van der Waals surface area contributed by atoms with E-state index in [0.29, 0.717) is 18.7 Å². The molecule has 0 aromatic heterocycles. The van der Waals surface area contributed by atoms with Crippen molar-refractivity contribution >= 4 is 27.7 Å². The van der Waals surface area contributed by atoms with E-state index in [0.717, 1.165) is 10.2 Å². The number of amides is 1. The van der Waals surface area contributed by atoms with Crippen molar-refractivity contribution in [2.45, 2.75) is 26.4 Å². The monoisotopic (exact) mass is 339 g/mol. The van der Waals surface area contributed by atoms with Crippen LogP contribution in [0.25, 0.3) is 0 Å². The molecular weight excluding hydrogens is 322 g/mol. The highest BCUT2D eigenvalue weighted by atomic mass is 79.9. The molecule has 5 nitrogen and oxygen atoms in total. The van der Waals surface area contributed by atoms with Crippen LogP contribution in [0, 0.1) is 11.3 Å². The zero-order valence-electron chi connectivity index (χ0n) is 11.8. The summed E-state index contributed by atoms with van der Waals surface area (Å²) >= 11 is 3.31. The smallest absolute Gasteiger partial charge is 0.407 e. The number of hydrogen-bond acceptors (Lipinski definition) is 4. The Morgan fingerprint density at radius 2 is 2.10 bits per heavy atom. The molecule has 108 valence electrons. The number of nitrogens with one attached hydrogen (secondary N) is 2. The quantitative estimate of drug-likeness (QED) is 0.825. The Morgan fingerprint density at radius 1 is 1.40 bits per heavy atom. The van der Waals surface area contributed by atoms with Crippen molar-refractivity contribution in [2.24, 2.45) is 0 Å². The normalized spacial score (nSPS) is 10.6. The average molecular weight is 340 g/mol. The molecule has 2 N–H and O–H groups in total. The summed E-state index contributed by atoms with van der Waals surface area (Å²) < 4.78 is 5.97. The molecular formula is C14H18BrN3O2. The summed E-state index contributed by atoms with van der Waals surface area (Å²) in [6.45, 7) is 6.36. The molecule has 0 saturated carbocycles. The molecule has 0 aliphatic heterocycles. The van der Waals surface area contributed by atoms with Gasteiger partial charge in [0.05, 0.1) is 11.3 Å². The minimum atomic E-state index is -0.503. The van der Waals surface area contributed by atoms with E-state index < -0.39 is 11.7 Å². The summed E-state index contributed by atoms with van der Waals surface area (Å²) in [5.41, 5.74) is 0.787. The van der Waals surface area contributed by atoms with E-state index in [4.69, 9.17) is 10.00 Å². The van der Waals surface area contributed by atoms with Crippen LogP contribution < -0.4 is 10.6 Å². The number of carbonyl (C=O) groups is 1. The predicted octanol–water partition coefficient (Wildman–Crippen LogP) is 3.26. The molecule has 6 heteroatoms. The van der Waals surface area contributed by atoms with Crippen LogP contribution in [0.15, 0.2) is 22.7 Å². The lowest BCUT2D eigenvalue weighted by Crippen LogP contribution is -2.35. The van der Waals surface area contributed by atoms with Gasteiger partial charge < -0.3 is 15.4 Å². The summed E-state index contributed by atoms with van der Waals surface area (Å²) in [7, 11) is 0. The number of ether oxygens (including phenoxy) is 1. The van der Waals surface area contributed by atoms with Crippen LogP contribution in [0.1, 0.15) is 26.3 Å². The highest BCUT2D eigenvalue weighted by Gasteiger charge is 2.15. The maximum atomic E-state index is 11.4.